The Bertz CT molecular complexity index is 1500. The number of aromatic nitrogens is 4. The first-order chi connectivity index (χ1) is 16.5. The third-order valence-electron chi connectivity index (χ3n) is 5.09. The molecule has 0 unspecified atom stereocenters. The van der Waals surface area contributed by atoms with E-state index in [1.54, 1.807) is 12.1 Å². The normalized spacial score (nSPS) is 11.1. The van der Waals surface area contributed by atoms with E-state index in [-0.39, 0.29) is 16.7 Å². The highest BCUT2D eigenvalue weighted by Gasteiger charge is 2.20. The molecule has 2 aromatic heterocycles. The summed E-state index contributed by atoms with van der Waals surface area (Å²) in [6.07, 6.45) is 1.89. The van der Waals surface area contributed by atoms with Crippen molar-refractivity contribution in [2.24, 2.45) is 0 Å². The molecule has 0 fully saturated rings. The molecule has 0 atom stereocenters. The van der Waals surface area contributed by atoms with Crippen LogP contribution in [0.2, 0.25) is 10.0 Å². The number of anilines is 1. The van der Waals surface area contributed by atoms with Crippen LogP contribution >= 0.6 is 35.0 Å². The lowest BCUT2D eigenvalue weighted by molar-refractivity contribution is -0.113. The van der Waals surface area contributed by atoms with Crippen molar-refractivity contribution in [3.63, 3.8) is 0 Å². The minimum absolute atomic E-state index is 0.0489. The molecule has 1 amide bonds. The molecule has 10 heteroatoms. The van der Waals surface area contributed by atoms with E-state index in [4.69, 9.17) is 23.2 Å². The fourth-order valence-corrected chi connectivity index (χ4v) is 4.62. The van der Waals surface area contributed by atoms with Gasteiger partial charge in [-0.3, -0.25) is 9.36 Å². The first-order valence-corrected chi connectivity index (χ1v) is 11.9. The zero-order valence-electron chi connectivity index (χ0n) is 17.4. The molecule has 0 bridgehead atoms. The third kappa shape index (κ3) is 4.52. The molecule has 2 heterocycles. The predicted octanol–water partition coefficient (Wildman–Crippen LogP) is 6.59. The number of hydrogen-bond acceptors (Lipinski definition) is 4. The highest BCUT2D eigenvalue weighted by Crippen LogP contribution is 2.33. The van der Waals surface area contributed by atoms with Crippen LogP contribution < -0.4 is 5.32 Å². The van der Waals surface area contributed by atoms with Crippen molar-refractivity contribution in [2.75, 3.05) is 11.1 Å². The number of amides is 1. The Hall–Kier alpha value is -3.33. The van der Waals surface area contributed by atoms with Gasteiger partial charge in [0.1, 0.15) is 5.82 Å². The molecule has 0 saturated carbocycles. The van der Waals surface area contributed by atoms with E-state index >= 15 is 0 Å². The van der Waals surface area contributed by atoms with Crippen molar-refractivity contribution in [1.29, 1.82) is 0 Å². The van der Waals surface area contributed by atoms with Gasteiger partial charge in [-0.05, 0) is 48.5 Å². The van der Waals surface area contributed by atoms with Crippen LogP contribution in [0.5, 0.6) is 0 Å². The number of rotatable bonds is 6. The van der Waals surface area contributed by atoms with E-state index in [0.717, 1.165) is 28.2 Å². The van der Waals surface area contributed by atoms with Gasteiger partial charge in [-0.1, -0.05) is 53.2 Å². The Kier molecular flexibility index (Phi) is 6.28. The molecule has 34 heavy (non-hydrogen) atoms. The zero-order valence-corrected chi connectivity index (χ0v) is 19.8. The van der Waals surface area contributed by atoms with Crippen LogP contribution in [0.3, 0.4) is 0 Å². The number of carbonyl (C=O) groups is 1. The second-order valence-electron chi connectivity index (χ2n) is 7.33. The van der Waals surface area contributed by atoms with Crippen molar-refractivity contribution in [2.45, 2.75) is 5.16 Å². The van der Waals surface area contributed by atoms with E-state index in [9.17, 15) is 9.18 Å². The number of carbonyl (C=O) groups excluding carboxylic acids is 1. The van der Waals surface area contributed by atoms with Gasteiger partial charge in [0, 0.05) is 33.4 Å². The maximum Gasteiger partial charge on any atom is 0.234 e. The zero-order chi connectivity index (χ0) is 23.7. The van der Waals surface area contributed by atoms with Gasteiger partial charge in [0.05, 0.1) is 16.5 Å². The molecule has 6 nitrogen and oxygen atoms in total. The molecule has 2 N–H and O–H groups in total. The minimum atomic E-state index is -0.474. The second kappa shape index (κ2) is 9.50. The summed E-state index contributed by atoms with van der Waals surface area (Å²) in [5.41, 5.74) is 3.01. The average molecular weight is 512 g/mol. The molecule has 0 radical (unpaired) electrons. The Balaban J connectivity index is 1.46. The molecule has 0 aliphatic carbocycles. The van der Waals surface area contributed by atoms with E-state index in [1.165, 1.54) is 23.9 Å². The highest BCUT2D eigenvalue weighted by molar-refractivity contribution is 7.99. The lowest BCUT2D eigenvalue weighted by Gasteiger charge is -2.11. The number of para-hydroxylation sites is 1. The maximum atomic E-state index is 13.3. The van der Waals surface area contributed by atoms with Crippen LogP contribution in [0.15, 0.2) is 78.1 Å². The van der Waals surface area contributed by atoms with Gasteiger partial charge in [-0.2, -0.15) is 0 Å². The Morgan fingerprint density at radius 3 is 2.65 bits per heavy atom. The summed E-state index contributed by atoms with van der Waals surface area (Å²) < 4.78 is 15.2. The quantitative estimate of drug-likeness (QED) is 0.252. The van der Waals surface area contributed by atoms with E-state index in [2.05, 4.69) is 20.5 Å². The first kappa shape index (κ1) is 22.5. The molecule has 5 aromatic rings. The van der Waals surface area contributed by atoms with Crippen molar-refractivity contribution in [1.82, 2.24) is 19.7 Å². The van der Waals surface area contributed by atoms with Crippen LogP contribution in [0.25, 0.3) is 28.0 Å². The summed E-state index contributed by atoms with van der Waals surface area (Å²) in [4.78, 5) is 15.8. The Labute approximate surface area is 208 Å². The maximum absolute atomic E-state index is 13.3. The number of halogens is 3. The van der Waals surface area contributed by atoms with E-state index in [1.807, 2.05) is 47.2 Å². The van der Waals surface area contributed by atoms with Gasteiger partial charge in [0.2, 0.25) is 5.91 Å². The SMILES string of the molecule is O=C(CSc1nnc(-c2c[nH]c3ccccc23)n1-c1ccc(Cl)cc1)Nc1ccc(F)cc1Cl. The summed E-state index contributed by atoms with van der Waals surface area (Å²) >= 11 is 13.3. The summed E-state index contributed by atoms with van der Waals surface area (Å²) in [5.74, 6) is -0.104. The van der Waals surface area contributed by atoms with Gasteiger partial charge in [0.15, 0.2) is 11.0 Å². The summed E-state index contributed by atoms with van der Waals surface area (Å²) in [6.45, 7) is 0. The fourth-order valence-electron chi connectivity index (χ4n) is 3.52. The van der Waals surface area contributed by atoms with E-state index < -0.39 is 5.82 Å². The monoisotopic (exact) mass is 511 g/mol. The topological polar surface area (TPSA) is 75.6 Å². The van der Waals surface area contributed by atoms with Crippen LogP contribution in [-0.4, -0.2) is 31.4 Å². The summed E-state index contributed by atoms with van der Waals surface area (Å²) in [5, 5.41) is 13.8. The molecule has 5 rings (SSSR count). The lowest BCUT2D eigenvalue weighted by atomic mass is 10.1. The van der Waals surface area contributed by atoms with Crippen LogP contribution in [-0.2, 0) is 4.79 Å². The summed E-state index contributed by atoms with van der Waals surface area (Å²) in [7, 11) is 0. The standard InChI is InChI=1S/C24H16Cl2FN5OS/c25-14-5-8-16(9-6-14)32-23(18-12-28-20-4-2-1-3-17(18)20)30-31-24(32)34-13-22(33)29-21-10-7-15(27)11-19(21)26/h1-12,28H,13H2,(H,29,33). The predicted molar refractivity (Wildman–Crippen MR) is 134 cm³/mol. The van der Waals surface area contributed by atoms with Gasteiger partial charge in [0.25, 0.3) is 0 Å². The molecular weight excluding hydrogens is 496 g/mol. The van der Waals surface area contributed by atoms with Gasteiger partial charge >= 0.3 is 0 Å². The molecule has 0 saturated heterocycles. The number of benzene rings is 3. The molecular formula is C24H16Cl2FN5OS. The average Bonchev–Trinajstić information content (AvgIpc) is 3.44. The van der Waals surface area contributed by atoms with Crippen molar-refractivity contribution >= 4 is 57.5 Å². The van der Waals surface area contributed by atoms with Gasteiger partial charge in [-0.25, -0.2) is 4.39 Å². The largest absolute Gasteiger partial charge is 0.360 e. The van der Waals surface area contributed by atoms with Crippen molar-refractivity contribution < 1.29 is 9.18 Å². The molecule has 0 spiro atoms. The number of nitrogens with zero attached hydrogens (tertiary/aromatic N) is 3. The van der Waals surface area contributed by atoms with Gasteiger partial charge in [-0.15, -0.1) is 10.2 Å². The van der Waals surface area contributed by atoms with Crippen LogP contribution in [0.4, 0.5) is 10.1 Å². The van der Waals surface area contributed by atoms with Gasteiger partial charge < -0.3 is 10.3 Å². The molecule has 0 aliphatic rings. The molecule has 170 valence electrons. The highest BCUT2D eigenvalue weighted by atomic mass is 35.5. The number of fused-ring (bicyclic) bond motifs is 1. The molecule has 0 aliphatic heterocycles. The number of hydrogen-bond donors (Lipinski definition) is 2. The summed E-state index contributed by atoms with van der Waals surface area (Å²) in [6, 6.07) is 19.0. The van der Waals surface area contributed by atoms with Crippen molar-refractivity contribution in [3.05, 3.63) is 88.8 Å². The van der Waals surface area contributed by atoms with Crippen LogP contribution in [0.1, 0.15) is 0 Å². The number of aromatic amines is 1. The fraction of sp³-hybridized carbons (Fsp3) is 0.0417. The Morgan fingerprint density at radius 1 is 1.06 bits per heavy atom. The Morgan fingerprint density at radius 2 is 1.85 bits per heavy atom. The molecule has 3 aromatic carbocycles. The van der Waals surface area contributed by atoms with Crippen molar-refractivity contribution in [3.8, 4) is 17.1 Å². The van der Waals surface area contributed by atoms with Crippen LogP contribution in [0, 0.1) is 5.82 Å². The van der Waals surface area contributed by atoms with E-state index in [0.29, 0.717) is 21.7 Å². The smallest absolute Gasteiger partial charge is 0.234 e. The first-order valence-electron chi connectivity index (χ1n) is 10.1. The minimum Gasteiger partial charge on any atom is -0.360 e. The number of nitrogens with one attached hydrogen (secondary N) is 2. The lowest BCUT2D eigenvalue weighted by Crippen LogP contribution is -2.15. The second-order valence-corrected chi connectivity index (χ2v) is 9.11. The number of thioether (sulfide) groups is 1. The number of H-pyrrole nitrogens is 1. The third-order valence-corrected chi connectivity index (χ3v) is 6.58.